The van der Waals surface area contributed by atoms with Gasteiger partial charge in [0, 0.05) is 11.4 Å². The zero-order valence-corrected chi connectivity index (χ0v) is 8.70. The molecule has 0 aliphatic heterocycles. The minimum Gasteiger partial charge on any atom is -0.399 e. The van der Waals surface area contributed by atoms with Gasteiger partial charge in [-0.1, -0.05) is 25.8 Å². The molecule has 0 unspecified atom stereocenters. The average molecular weight is 195 g/mol. The molecular formula is C11H19N2O. The molecule has 0 saturated carbocycles. The van der Waals surface area contributed by atoms with Gasteiger partial charge in [-0.05, 0) is 24.6 Å². The molecule has 0 saturated heterocycles. The highest BCUT2D eigenvalue weighted by Crippen LogP contribution is 2.06. The lowest BCUT2D eigenvalue weighted by Crippen LogP contribution is -1.87. The summed E-state index contributed by atoms with van der Waals surface area (Å²) in [4.78, 5) is 0. The highest BCUT2D eigenvalue weighted by molar-refractivity contribution is 5.50. The van der Waals surface area contributed by atoms with Crippen LogP contribution in [0.25, 0.3) is 0 Å². The number of unbranched alkanes of at least 4 members (excludes halogenated alkanes) is 2. The molecule has 14 heavy (non-hydrogen) atoms. The smallest absolute Gasteiger partial charge is 0.0822 e. The molecule has 0 spiro atoms. The van der Waals surface area contributed by atoms with Gasteiger partial charge in [0.1, 0.15) is 0 Å². The number of anilines is 2. The van der Waals surface area contributed by atoms with Gasteiger partial charge < -0.3 is 11.5 Å². The van der Waals surface area contributed by atoms with Gasteiger partial charge in [0.2, 0.25) is 0 Å². The van der Waals surface area contributed by atoms with Crippen LogP contribution in [0.4, 0.5) is 11.4 Å². The van der Waals surface area contributed by atoms with E-state index in [1.54, 1.807) is 18.2 Å². The van der Waals surface area contributed by atoms with E-state index < -0.39 is 0 Å². The lowest BCUT2D eigenvalue weighted by Gasteiger charge is -1.91. The SMILES string of the molecule is CCCCC[O].Nc1cccc(N)c1. The molecule has 1 aromatic rings. The summed E-state index contributed by atoms with van der Waals surface area (Å²) >= 11 is 0. The first-order valence-electron chi connectivity index (χ1n) is 4.89. The van der Waals surface area contributed by atoms with Crippen LogP contribution in [0.3, 0.4) is 0 Å². The summed E-state index contributed by atoms with van der Waals surface area (Å²) in [5.74, 6) is 0. The minimum atomic E-state index is 0.105. The standard InChI is InChI=1S/C6H8N2.C5H11O/c7-5-2-1-3-6(8)4-5;1-2-3-4-5-6/h1-4H,7-8H2;2-5H2,1H3. The summed E-state index contributed by atoms with van der Waals surface area (Å²) in [5, 5.41) is 9.69. The Morgan fingerprint density at radius 1 is 1.14 bits per heavy atom. The van der Waals surface area contributed by atoms with E-state index in [1.807, 2.05) is 6.07 Å². The summed E-state index contributed by atoms with van der Waals surface area (Å²) in [6, 6.07) is 7.15. The van der Waals surface area contributed by atoms with E-state index in [4.69, 9.17) is 11.5 Å². The van der Waals surface area contributed by atoms with Crippen LogP contribution in [-0.2, 0) is 5.11 Å². The molecule has 0 heterocycles. The van der Waals surface area contributed by atoms with Gasteiger partial charge in [0.05, 0.1) is 6.61 Å². The second kappa shape index (κ2) is 8.38. The fourth-order valence-corrected chi connectivity index (χ4v) is 0.911. The highest BCUT2D eigenvalue weighted by atomic mass is 16.2. The van der Waals surface area contributed by atoms with Crippen LogP contribution in [-0.4, -0.2) is 6.61 Å². The molecule has 0 aliphatic rings. The maximum Gasteiger partial charge on any atom is 0.0822 e. The maximum atomic E-state index is 9.69. The highest BCUT2D eigenvalue weighted by Gasteiger charge is 1.81. The summed E-state index contributed by atoms with van der Waals surface area (Å²) in [6.45, 7) is 2.20. The Kier molecular flexibility index (Phi) is 7.65. The van der Waals surface area contributed by atoms with E-state index in [0.717, 1.165) is 19.3 Å². The van der Waals surface area contributed by atoms with E-state index in [0.29, 0.717) is 11.4 Å². The molecule has 1 radical (unpaired) electrons. The summed E-state index contributed by atoms with van der Waals surface area (Å²) in [7, 11) is 0. The Balaban J connectivity index is 0.000000255. The van der Waals surface area contributed by atoms with Crippen molar-refractivity contribution in [2.24, 2.45) is 0 Å². The Bertz CT molecular complexity index is 217. The normalized spacial score (nSPS) is 9.00. The Labute approximate surface area is 85.7 Å². The quantitative estimate of drug-likeness (QED) is 0.574. The Hall–Kier alpha value is -1.22. The van der Waals surface area contributed by atoms with E-state index in [2.05, 4.69) is 6.92 Å². The van der Waals surface area contributed by atoms with Crippen LogP contribution in [0.15, 0.2) is 24.3 Å². The minimum absolute atomic E-state index is 0.105. The Morgan fingerprint density at radius 2 is 1.71 bits per heavy atom. The zero-order valence-electron chi connectivity index (χ0n) is 8.70. The molecule has 0 aliphatic carbocycles. The van der Waals surface area contributed by atoms with Gasteiger partial charge in [-0.2, -0.15) is 0 Å². The predicted octanol–water partition coefficient (Wildman–Crippen LogP) is 2.46. The molecule has 0 aromatic heterocycles. The van der Waals surface area contributed by atoms with Crippen molar-refractivity contribution in [2.75, 3.05) is 18.1 Å². The molecule has 1 rings (SSSR count). The van der Waals surface area contributed by atoms with Gasteiger partial charge in [-0.3, -0.25) is 0 Å². The first kappa shape index (κ1) is 12.8. The molecular weight excluding hydrogens is 176 g/mol. The monoisotopic (exact) mass is 195 g/mol. The average Bonchev–Trinajstić information content (AvgIpc) is 2.15. The van der Waals surface area contributed by atoms with Crippen molar-refractivity contribution < 1.29 is 5.11 Å². The van der Waals surface area contributed by atoms with Gasteiger partial charge in [-0.25, -0.2) is 5.11 Å². The van der Waals surface area contributed by atoms with Crippen LogP contribution in [0.1, 0.15) is 26.2 Å². The molecule has 1 aromatic carbocycles. The van der Waals surface area contributed by atoms with E-state index in [9.17, 15) is 5.11 Å². The summed E-state index contributed by atoms with van der Waals surface area (Å²) < 4.78 is 0. The third-order valence-electron chi connectivity index (χ3n) is 1.66. The second-order valence-electron chi connectivity index (χ2n) is 3.08. The van der Waals surface area contributed by atoms with E-state index >= 15 is 0 Å². The van der Waals surface area contributed by atoms with Crippen molar-refractivity contribution in [2.45, 2.75) is 26.2 Å². The maximum absolute atomic E-state index is 9.69. The fraction of sp³-hybridized carbons (Fsp3) is 0.455. The largest absolute Gasteiger partial charge is 0.399 e. The topological polar surface area (TPSA) is 71.9 Å². The zero-order chi connectivity index (χ0) is 10.8. The molecule has 3 heteroatoms. The van der Waals surface area contributed by atoms with Crippen molar-refractivity contribution in [3.8, 4) is 0 Å². The van der Waals surface area contributed by atoms with Crippen molar-refractivity contribution in [3.63, 3.8) is 0 Å². The van der Waals surface area contributed by atoms with Crippen LogP contribution >= 0.6 is 0 Å². The fourth-order valence-electron chi connectivity index (χ4n) is 0.911. The van der Waals surface area contributed by atoms with Crippen molar-refractivity contribution >= 4 is 11.4 Å². The molecule has 0 fully saturated rings. The number of benzene rings is 1. The van der Waals surface area contributed by atoms with E-state index in [1.165, 1.54) is 0 Å². The van der Waals surface area contributed by atoms with E-state index in [-0.39, 0.29) is 6.61 Å². The number of hydrogen-bond donors (Lipinski definition) is 2. The number of nitrogen functional groups attached to an aromatic ring is 2. The van der Waals surface area contributed by atoms with Crippen LogP contribution in [0.2, 0.25) is 0 Å². The first-order chi connectivity index (χ1) is 6.70. The molecule has 0 bridgehead atoms. The van der Waals surface area contributed by atoms with Crippen molar-refractivity contribution in [1.29, 1.82) is 0 Å². The third kappa shape index (κ3) is 7.43. The third-order valence-corrected chi connectivity index (χ3v) is 1.66. The molecule has 79 valence electrons. The number of hydrogen-bond acceptors (Lipinski definition) is 2. The van der Waals surface area contributed by atoms with Gasteiger partial charge in [0.25, 0.3) is 0 Å². The molecule has 0 amide bonds. The predicted molar refractivity (Wildman–Crippen MR) is 60.3 cm³/mol. The van der Waals surface area contributed by atoms with Crippen LogP contribution in [0, 0.1) is 0 Å². The lowest BCUT2D eigenvalue weighted by molar-refractivity contribution is 0.186. The lowest BCUT2D eigenvalue weighted by atomic mass is 10.3. The van der Waals surface area contributed by atoms with Crippen molar-refractivity contribution in [3.05, 3.63) is 24.3 Å². The van der Waals surface area contributed by atoms with Crippen molar-refractivity contribution in [1.82, 2.24) is 0 Å². The van der Waals surface area contributed by atoms with Crippen LogP contribution in [0.5, 0.6) is 0 Å². The molecule has 4 N–H and O–H groups in total. The summed E-state index contributed by atoms with van der Waals surface area (Å²) in [5.41, 5.74) is 12.2. The Morgan fingerprint density at radius 3 is 1.93 bits per heavy atom. The number of nitrogens with two attached hydrogens (primary N) is 2. The second-order valence-corrected chi connectivity index (χ2v) is 3.08. The van der Waals surface area contributed by atoms with Gasteiger partial charge >= 0.3 is 0 Å². The number of rotatable bonds is 3. The van der Waals surface area contributed by atoms with Gasteiger partial charge in [0.15, 0.2) is 0 Å². The molecule has 3 nitrogen and oxygen atoms in total. The first-order valence-corrected chi connectivity index (χ1v) is 4.89. The van der Waals surface area contributed by atoms with Crippen LogP contribution < -0.4 is 11.5 Å². The summed E-state index contributed by atoms with van der Waals surface area (Å²) in [6.07, 6.45) is 3.11. The van der Waals surface area contributed by atoms with Gasteiger partial charge in [-0.15, -0.1) is 0 Å². The molecule has 0 atom stereocenters.